The monoisotopic (exact) mass is 503 g/mol. The van der Waals surface area contributed by atoms with Crippen LogP contribution in [-0.4, -0.2) is 26.1 Å². The lowest BCUT2D eigenvalue weighted by Crippen LogP contribution is -2.14. The van der Waals surface area contributed by atoms with E-state index in [1.807, 2.05) is 0 Å². The number of aromatic nitrogens is 2. The molecule has 0 amide bonds. The van der Waals surface area contributed by atoms with E-state index in [9.17, 15) is 30.3 Å². The fourth-order valence-electron chi connectivity index (χ4n) is 2.59. The Balaban J connectivity index is 2.21. The summed E-state index contributed by atoms with van der Waals surface area (Å²) in [5.41, 5.74) is -1.76. The minimum Gasteiger partial charge on any atom is -0.449 e. The summed E-state index contributed by atoms with van der Waals surface area (Å²) < 4.78 is 6.28. The highest BCUT2D eigenvalue weighted by atomic mass is 79.9. The number of nitrogens with one attached hydrogen (secondary N) is 1. The van der Waals surface area contributed by atoms with Gasteiger partial charge in [0.25, 0.3) is 11.2 Å². The molecule has 13 heteroatoms. The van der Waals surface area contributed by atoms with Crippen molar-refractivity contribution in [3.8, 4) is 28.8 Å². The maximum absolute atomic E-state index is 12.3. The third-order valence-electron chi connectivity index (χ3n) is 3.97. The van der Waals surface area contributed by atoms with Gasteiger partial charge in [0.05, 0.1) is 15.9 Å². The second-order valence-corrected chi connectivity index (χ2v) is 7.53. The van der Waals surface area contributed by atoms with E-state index >= 15 is 0 Å². The van der Waals surface area contributed by atoms with E-state index in [0.717, 1.165) is 30.0 Å². The van der Waals surface area contributed by atoms with Gasteiger partial charge in [-0.15, -0.1) is 0 Å². The minimum absolute atomic E-state index is 0.0245. The first-order chi connectivity index (χ1) is 14.7. The lowest BCUT2D eigenvalue weighted by molar-refractivity contribution is -0.394. The molecule has 31 heavy (non-hydrogen) atoms. The van der Waals surface area contributed by atoms with Crippen LogP contribution in [0.1, 0.15) is 5.56 Å². The van der Waals surface area contributed by atoms with Gasteiger partial charge in [-0.25, -0.2) is 4.98 Å². The molecule has 156 valence electrons. The molecule has 0 radical (unpaired) electrons. The molecule has 0 unspecified atom stereocenters. The van der Waals surface area contributed by atoms with Crippen LogP contribution in [0.5, 0.6) is 11.5 Å². The number of nitriles is 1. The molecule has 2 aromatic carbocycles. The van der Waals surface area contributed by atoms with Crippen molar-refractivity contribution < 1.29 is 14.6 Å². The van der Waals surface area contributed by atoms with Crippen LogP contribution >= 0.6 is 27.7 Å². The Kier molecular flexibility index (Phi) is 6.33. The van der Waals surface area contributed by atoms with Crippen LogP contribution < -0.4 is 10.3 Å². The van der Waals surface area contributed by atoms with E-state index in [-0.39, 0.29) is 33.5 Å². The Bertz CT molecular complexity index is 1320. The smallest absolute Gasteiger partial charge is 0.318 e. The first-order valence-electron chi connectivity index (χ1n) is 8.24. The van der Waals surface area contributed by atoms with Crippen LogP contribution in [0.15, 0.2) is 50.8 Å². The quantitative estimate of drug-likeness (QED) is 0.222. The van der Waals surface area contributed by atoms with Gasteiger partial charge in [-0.05, 0) is 30.5 Å². The van der Waals surface area contributed by atoms with Crippen molar-refractivity contribution in [3.63, 3.8) is 0 Å². The predicted octanol–water partition coefficient (Wildman–Crippen LogP) is 4.40. The number of hydrogen-bond donors (Lipinski definition) is 1. The number of non-ortho nitro benzene ring substituents is 1. The number of benzene rings is 2. The van der Waals surface area contributed by atoms with Crippen molar-refractivity contribution in [3.05, 3.63) is 77.0 Å². The fourth-order valence-corrected chi connectivity index (χ4v) is 3.33. The van der Waals surface area contributed by atoms with Crippen molar-refractivity contribution in [2.45, 2.75) is 5.16 Å². The van der Waals surface area contributed by atoms with Crippen molar-refractivity contribution in [2.24, 2.45) is 0 Å². The Morgan fingerprint density at radius 3 is 2.48 bits per heavy atom. The van der Waals surface area contributed by atoms with E-state index in [4.69, 9.17) is 4.74 Å². The minimum atomic E-state index is -0.807. The highest BCUT2D eigenvalue weighted by molar-refractivity contribution is 9.10. The topological polar surface area (TPSA) is 165 Å². The van der Waals surface area contributed by atoms with Gasteiger partial charge in [0.1, 0.15) is 23.1 Å². The molecule has 11 nitrogen and oxygen atoms in total. The average Bonchev–Trinajstić information content (AvgIpc) is 2.74. The average molecular weight is 504 g/mol. The first-order valence-corrected chi connectivity index (χ1v) is 10.3. The summed E-state index contributed by atoms with van der Waals surface area (Å²) in [6.07, 6.45) is 1.69. The molecule has 0 fully saturated rings. The van der Waals surface area contributed by atoms with Gasteiger partial charge in [-0.1, -0.05) is 27.7 Å². The van der Waals surface area contributed by atoms with Crippen molar-refractivity contribution >= 4 is 39.1 Å². The van der Waals surface area contributed by atoms with Gasteiger partial charge in [0.2, 0.25) is 5.75 Å². The molecule has 0 bridgehead atoms. The molecule has 0 aliphatic carbocycles. The third kappa shape index (κ3) is 4.55. The van der Waals surface area contributed by atoms with E-state index in [2.05, 4.69) is 25.9 Å². The number of nitrogens with zero attached hydrogens (tertiary/aromatic N) is 4. The molecule has 0 aliphatic heterocycles. The summed E-state index contributed by atoms with van der Waals surface area (Å²) in [5.74, 6) is -0.200. The molecule has 1 heterocycles. The number of thioether (sulfide) groups is 1. The van der Waals surface area contributed by atoms with E-state index < -0.39 is 26.8 Å². The van der Waals surface area contributed by atoms with Gasteiger partial charge in [0.15, 0.2) is 5.16 Å². The lowest BCUT2D eigenvalue weighted by Gasteiger charge is -2.13. The standard InChI is InChI=1S/C18H10BrN5O6S/c1-31-18-21-16(12(8-20)17(25)22-18)11-6-9(19)2-4-14(11)30-15-5-3-10(23(26)27)7-13(15)24(28)29/h2-7H,1H3,(H,21,22,25). The highest BCUT2D eigenvalue weighted by Crippen LogP contribution is 2.40. The van der Waals surface area contributed by atoms with Crippen LogP contribution in [0.2, 0.25) is 0 Å². The summed E-state index contributed by atoms with van der Waals surface area (Å²) in [5, 5.41) is 32.1. The number of hydrogen-bond acceptors (Lipinski definition) is 9. The molecule has 0 aliphatic rings. The Hall–Kier alpha value is -3.76. The molecule has 3 aromatic rings. The molecule has 0 saturated heterocycles. The van der Waals surface area contributed by atoms with Gasteiger partial charge >= 0.3 is 5.69 Å². The van der Waals surface area contributed by atoms with Gasteiger partial charge < -0.3 is 9.72 Å². The summed E-state index contributed by atoms with van der Waals surface area (Å²) in [6.45, 7) is 0. The highest BCUT2D eigenvalue weighted by Gasteiger charge is 2.24. The Morgan fingerprint density at radius 2 is 1.87 bits per heavy atom. The van der Waals surface area contributed by atoms with Crippen molar-refractivity contribution in [1.29, 1.82) is 5.26 Å². The maximum atomic E-state index is 12.3. The number of halogens is 1. The zero-order valence-corrected chi connectivity index (χ0v) is 17.9. The molecule has 1 N–H and O–H groups in total. The van der Waals surface area contributed by atoms with Gasteiger partial charge in [0, 0.05) is 16.1 Å². The summed E-state index contributed by atoms with van der Waals surface area (Å²) in [7, 11) is 0. The van der Waals surface area contributed by atoms with Crippen LogP contribution in [0.4, 0.5) is 11.4 Å². The molecule has 1 aromatic heterocycles. The van der Waals surface area contributed by atoms with Crippen molar-refractivity contribution in [1.82, 2.24) is 9.97 Å². The molecular formula is C18H10BrN5O6S. The Morgan fingerprint density at radius 1 is 1.16 bits per heavy atom. The molecule has 0 spiro atoms. The largest absolute Gasteiger partial charge is 0.449 e. The van der Waals surface area contributed by atoms with Crippen LogP contribution in [0.3, 0.4) is 0 Å². The first kappa shape index (κ1) is 21.9. The summed E-state index contributed by atoms with van der Waals surface area (Å²) in [4.78, 5) is 39.9. The summed E-state index contributed by atoms with van der Waals surface area (Å²) >= 11 is 4.46. The van der Waals surface area contributed by atoms with Gasteiger partial charge in [-0.2, -0.15) is 5.26 Å². The number of nitro groups is 2. The second kappa shape index (κ2) is 8.94. The second-order valence-electron chi connectivity index (χ2n) is 5.82. The van der Waals surface area contributed by atoms with Crippen LogP contribution in [-0.2, 0) is 0 Å². The van der Waals surface area contributed by atoms with Crippen LogP contribution in [0, 0.1) is 31.6 Å². The molecule has 3 rings (SSSR count). The van der Waals surface area contributed by atoms with E-state index in [1.165, 1.54) is 6.07 Å². The zero-order chi connectivity index (χ0) is 22.7. The number of H-pyrrole nitrogens is 1. The van der Waals surface area contributed by atoms with E-state index in [0.29, 0.717) is 4.47 Å². The molecule has 0 atom stereocenters. The van der Waals surface area contributed by atoms with Crippen LogP contribution in [0.25, 0.3) is 11.3 Å². The number of rotatable bonds is 6. The number of ether oxygens (including phenoxy) is 1. The molecule has 0 saturated carbocycles. The zero-order valence-electron chi connectivity index (χ0n) is 15.5. The third-order valence-corrected chi connectivity index (χ3v) is 5.04. The predicted molar refractivity (Wildman–Crippen MR) is 114 cm³/mol. The lowest BCUT2D eigenvalue weighted by atomic mass is 10.1. The Labute approximate surface area is 186 Å². The normalized spacial score (nSPS) is 10.4. The fraction of sp³-hybridized carbons (Fsp3) is 0.0556. The van der Waals surface area contributed by atoms with Crippen molar-refractivity contribution in [2.75, 3.05) is 6.26 Å². The number of nitro benzene ring substituents is 2. The van der Waals surface area contributed by atoms with E-state index in [1.54, 1.807) is 24.5 Å². The SMILES string of the molecule is CSc1nc(-c2cc(Br)ccc2Oc2ccc([N+](=O)[O-])cc2[N+](=O)[O-])c(C#N)c(=O)[nH]1. The summed E-state index contributed by atoms with van der Waals surface area (Å²) in [6, 6.07) is 9.35. The van der Waals surface area contributed by atoms with Gasteiger partial charge in [-0.3, -0.25) is 25.0 Å². The number of aromatic amines is 1. The molecular weight excluding hydrogens is 494 g/mol. The maximum Gasteiger partial charge on any atom is 0.318 e.